The van der Waals surface area contributed by atoms with Crippen LogP contribution in [0.25, 0.3) is 6.08 Å². The zero-order chi connectivity index (χ0) is 18.2. The fourth-order valence-corrected chi connectivity index (χ4v) is 1.94. The van der Waals surface area contributed by atoms with E-state index in [1.165, 1.54) is 31.4 Å². The summed E-state index contributed by atoms with van der Waals surface area (Å²) in [5.41, 5.74) is 1.30. The Kier molecular flexibility index (Phi) is 6.02. The van der Waals surface area contributed by atoms with Gasteiger partial charge in [-0.3, -0.25) is 4.79 Å². The second-order valence-electron chi connectivity index (χ2n) is 4.95. The molecule has 0 fully saturated rings. The van der Waals surface area contributed by atoms with E-state index in [4.69, 9.17) is 14.7 Å². The van der Waals surface area contributed by atoms with Crippen LogP contribution in [-0.2, 0) is 9.53 Å². The molecule has 0 aliphatic carbocycles. The zero-order valence-electron chi connectivity index (χ0n) is 13.4. The van der Waals surface area contributed by atoms with Crippen LogP contribution in [0.3, 0.4) is 0 Å². The van der Waals surface area contributed by atoms with E-state index < -0.39 is 24.2 Å². The van der Waals surface area contributed by atoms with Crippen molar-refractivity contribution in [3.8, 4) is 11.8 Å². The van der Waals surface area contributed by atoms with Crippen molar-refractivity contribution in [3.63, 3.8) is 0 Å². The van der Waals surface area contributed by atoms with Gasteiger partial charge in [0.05, 0.1) is 18.7 Å². The number of methoxy groups -OCH3 is 1. The summed E-state index contributed by atoms with van der Waals surface area (Å²) in [6, 6.07) is 12.3. The molecule has 0 saturated heterocycles. The number of carbonyl (C=O) groups is 2. The maximum atomic E-state index is 13.6. The summed E-state index contributed by atoms with van der Waals surface area (Å²) in [5.74, 6) is -1.87. The van der Waals surface area contributed by atoms with Gasteiger partial charge in [-0.2, -0.15) is 5.26 Å². The van der Waals surface area contributed by atoms with Crippen LogP contribution in [0.2, 0.25) is 0 Å². The second-order valence-corrected chi connectivity index (χ2v) is 4.95. The summed E-state index contributed by atoms with van der Waals surface area (Å²) in [6.45, 7) is -0.498. The van der Waals surface area contributed by atoms with Gasteiger partial charge in [0, 0.05) is 11.6 Å². The number of benzene rings is 2. The summed E-state index contributed by atoms with van der Waals surface area (Å²) in [7, 11) is 1.32. The van der Waals surface area contributed by atoms with E-state index in [0.29, 0.717) is 11.1 Å². The number of ether oxygens (including phenoxy) is 2. The Bertz CT molecular complexity index is 851. The van der Waals surface area contributed by atoms with Gasteiger partial charge in [0.1, 0.15) is 0 Å². The Hall–Kier alpha value is -3.46. The van der Waals surface area contributed by atoms with Gasteiger partial charge in [0.15, 0.2) is 24.0 Å². The first-order valence-electron chi connectivity index (χ1n) is 7.25. The highest BCUT2D eigenvalue weighted by molar-refractivity contribution is 5.99. The zero-order valence-corrected chi connectivity index (χ0v) is 13.4. The number of carbonyl (C=O) groups excluding carboxylic acids is 2. The lowest BCUT2D eigenvalue weighted by molar-refractivity contribution is -0.136. The molecule has 0 bridgehead atoms. The molecular weight excluding hydrogens is 325 g/mol. The predicted molar refractivity (Wildman–Crippen MR) is 88.4 cm³/mol. The average molecular weight is 339 g/mol. The van der Waals surface area contributed by atoms with E-state index in [2.05, 4.69) is 0 Å². The molecule has 2 aromatic rings. The molecule has 0 aliphatic rings. The SMILES string of the molecule is COc1ccc(C(=O)COC(=O)/C=C/c2ccc(C#N)cc2)cc1F. The lowest BCUT2D eigenvalue weighted by Gasteiger charge is -2.05. The van der Waals surface area contributed by atoms with Gasteiger partial charge < -0.3 is 9.47 Å². The monoisotopic (exact) mass is 339 g/mol. The first-order chi connectivity index (χ1) is 12.0. The van der Waals surface area contributed by atoms with Gasteiger partial charge in [0.25, 0.3) is 0 Å². The van der Waals surface area contributed by atoms with Crippen LogP contribution in [0.1, 0.15) is 21.5 Å². The van der Waals surface area contributed by atoms with E-state index >= 15 is 0 Å². The number of nitriles is 1. The summed E-state index contributed by atoms with van der Waals surface area (Å²) < 4.78 is 23.2. The van der Waals surface area contributed by atoms with Crippen LogP contribution in [0, 0.1) is 17.1 Å². The van der Waals surface area contributed by atoms with Crippen LogP contribution >= 0.6 is 0 Å². The van der Waals surface area contributed by atoms with Crippen molar-refractivity contribution < 1.29 is 23.5 Å². The fourth-order valence-electron chi connectivity index (χ4n) is 1.94. The summed E-state index contributed by atoms with van der Waals surface area (Å²) in [5, 5.41) is 8.70. The number of hydrogen-bond donors (Lipinski definition) is 0. The van der Waals surface area contributed by atoms with Crippen molar-refractivity contribution in [2.75, 3.05) is 13.7 Å². The molecule has 126 valence electrons. The normalized spacial score (nSPS) is 10.3. The summed E-state index contributed by atoms with van der Waals surface area (Å²) in [4.78, 5) is 23.5. The van der Waals surface area contributed by atoms with E-state index in [1.807, 2.05) is 6.07 Å². The number of nitrogens with zero attached hydrogens (tertiary/aromatic N) is 1. The van der Waals surface area contributed by atoms with Gasteiger partial charge in [-0.05, 0) is 42.0 Å². The van der Waals surface area contributed by atoms with Crippen molar-refractivity contribution in [2.24, 2.45) is 0 Å². The third-order valence-corrected chi connectivity index (χ3v) is 3.27. The highest BCUT2D eigenvalue weighted by atomic mass is 19.1. The molecule has 6 heteroatoms. The van der Waals surface area contributed by atoms with Gasteiger partial charge in [0.2, 0.25) is 0 Å². The molecule has 0 radical (unpaired) electrons. The van der Waals surface area contributed by atoms with Gasteiger partial charge in [-0.15, -0.1) is 0 Å². The maximum Gasteiger partial charge on any atom is 0.331 e. The highest BCUT2D eigenvalue weighted by Gasteiger charge is 2.11. The maximum absolute atomic E-state index is 13.6. The average Bonchev–Trinajstić information content (AvgIpc) is 2.64. The van der Waals surface area contributed by atoms with Crippen LogP contribution < -0.4 is 4.74 Å². The number of halogens is 1. The Labute approximate surface area is 143 Å². The molecule has 5 nitrogen and oxygen atoms in total. The number of Topliss-reactive ketones (excluding diaryl/α,β-unsaturated/α-hetero) is 1. The molecule has 0 unspecified atom stereocenters. The Morgan fingerprint density at radius 1 is 1.20 bits per heavy atom. The third kappa shape index (κ3) is 5.01. The largest absolute Gasteiger partial charge is 0.494 e. The quantitative estimate of drug-likeness (QED) is 0.459. The number of esters is 1. The van der Waals surface area contributed by atoms with Crippen LogP contribution in [0.5, 0.6) is 5.75 Å². The van der Waals surface area contributed by atoms with Crippen molar-refractivity contribution in [1.82, 2.24) is 0 Å². The van der Waals surface area contributed by atoms with Crippen LogP contribution in [0.4, 0.5) is 4.39 Å². The molecule has 0 heterocycles. The molecule has 2 aromatic carbocycles. The molecule has 0 N–H and O–H groups in total. The molecule has 2 rings (SSSR count). The van der Waals surface area contributed by atoms with Gasteiger partial charge in [-0.1, -0.05) is 12.1 Å². The fraction of sp³-hybridized carbons (Fsp3) is 0.105. The van der Waals surface area contributed by atoms with Crippen molar-refractivity contribution >= 4 is 17.8 Å². The van der Waals surface area contributed by atoms with Crippen LogP contribution in [0.15, 0.2) is 48.5 Å². The minimum Gasteiger partial charge on any atom is -0.494 e. The van der Waals surface area contributed by atoms with Crippen molar-refractivity contribution in [1.29, 1.82) is 5.26 Å². The standard InChI is InChI=1S/C19H14FNO4/c1-24-18-8-7-15(10-16(18)20)17(22)12-25-19(23)9-6-13-2-4-14(11-21)5-3-13/h2-10H,12H2,1H3/b9-6+. The van der Waals surface area contributed by atoms with E-state index in [0.717, 1.165) is 6.07 Å². The molecule has 0 amide bonds. The molecular formula is C19H14FNO4. The van der Waals surface area contributed by atoms with Crippen molar-refractivity contribution in [3.05, 3.63) is 71.0 Å². The first-order valence-corrected chi connectivity index (χ1v) is 7.25. The molecule has 25 heavy (non-hydrogen) atoms. The Morgan fingerprint density at radius 2 is 1.92 bits per heavy atom. The topological polar surface area (TPSA) is 76.4 Å². The Balaban J connectivity index is 1.90. The predicted octanol–water partition coefficient (Wildman–Crippen LogP) is 3.15. The number of hydrogen-bond acceptors (Lipinski definition) is 5. The summed E-state index contributed by atoms with van der Waals surface area (Å²) >= 11 is 0. The van der Waals surface area contributed by atoms with Gasteiger partial charge >= 0.3 is 5.97 Å². The third-order valence-electron chi connectivity index (χ3n) is 3.27. The van der Waals surface area contributed by atoms with E-state index in [1.54, 1.807) is 24.3 Å². The highest BCUT2D eigenvalue weighted by Crippen LogP contribution is 2.18. The smallest absolute Gasteiger partial charge is 0.331 e. The molecule has 0 spiro atoms. The minimum absolute atomic E-state index is 0.0268. The molecule has 0 aromatic heterocycles. The van der Waals surface area contributed by atoms with Gasteiger partial charge in [-0.25, -0.2) is 9.18 Å². The lowest BCUT2D eigenvalue weighted by Crippen LogP contribution is -2.12. The van der Waals surface area contributed by atoms with Crippen molar-refractivity contribution in [2.45, 2.75) is 0 Å². The van der Waals surface area contributed by atoms with E-state index in [9.17, 15) is 14.0 Å². The lowest BCUT2D eigenvalue weighted by atomic mass is 10.1. The molecule has 0 saturated carbocycles. The molecule has 0 aliphatic heterocycles. The molecule has 0 atom stereocenters. The van der Waals surface area contributed by atoms with Crippen LogP contribution in [-0.4, -0.2) is 25.5 Å². The van der Waals surface area contributed by atoms with E-state index in [-0.39, 0.29) is 11.3 Å². The number of ketones is 1. The second kappa shape index (κ2) is 8.41. The Morgan fingerprint density at radius 3 is 2.52 bits per heavy atom. The minimum atomic E-state index is -0.702. The first kappa shape index (κ1) is 17.9. The number of rotatable bonds is 6. The summed E-state index contributed by atoms with van der Waals surface area (Å²) in [6.07, 6.45) is 2.67.